The molecule has 8 nitrogen and oxygen atoms in total. The van der Waals surface area contributed by atoms with E-state index in [2.05, 4.69) is 15.6 Å². The van der Waals surface area contributed by atoms with Crippen LogP contribution in [-0.4, -0.2) is 50.3 Å². The number of nitrogens with zero attached hydrogens (tertiary/aromatic N) is 1. The van der Waals surface area contributed by atoms with Crippen molar-refractivity contribution in [1.82, 2.24) is 10.3 Å². The number of aromatic nitrogens is 1. The predicted octanol–water partition coefficient (Wildman–Crippen LogP) is 2.26. The number of pyridine rings is 1. The minimum Gasteiger partial charge on any atom is -0.493 e. The van der Waals surface area contributed by atoms with Crippen LogP contribution in [0.5, 0.6) is 11.5 Å². The molecule has 0 bridgehead atoms. The van der Waals surface area contributed by atoms with Crippen molar-refractivity contribution in [3.8, 4) is 11.5 Å². The monoisotopic (exact) mass is 385 g/mol. The van der Waals surface area contributed by atoms with Gasteiger partial charge in [-0.15, -0.1) is 0 Å². The lowest BCUT2D eigenvalue weighted by molar-refractivity contribution is 0.0857. The number of hydrogen-bond donors (Lipinski definition) is 2. The van der Waals surface area contributed by atoms with E-state index in [0.717, 1.165) is 19.4 Å². The SMILES string of the molecule is COc1ccc(NC(=O)c2cc(C(=O)NCC3CCCO3)ccn2)cc1OC. The molecule has 2 heterocycles. The normalized spacial score (nSPS) is 15.7. The zero-order valence-electron chi connectivity index (χ0n) is 15.9. The van der Waals surface area contributed by atoms with E-state index in [1.807, 2.05) is 0 Å². The van der Waals surface area contributed by atoms with E-state index < -0.39 is 5.91 Å². The van der Waals surface area contributed by atoms with E-state index in [4.69, 9.17) is 14.2 Å². The van der Waals surface area contributed by atoms with Gasteiger partial charge in [-0.2, -0.15) is 0 Å². The van der Waals surface area contributed by atoms with E-state index >= 15 is 0 Å². The Labute approximate surface area is 163 Å². The first-order valence-corrected chi connectivity index (χ1v) is 9.00. The molecule has 2 amide bonds. The molecular weight excluding hydrogens is 362 g/mol. The van der Waals surface area contributed by atoms with Gasteiger partial charge in [0, 0.05) is 36.7 Å². The van der Waals surface area contributed by atoms with E-state index in [-0.39, 0.29) is 17.7 Å². The molecule has 1 aromatic carbocycles. The summed E-state index contributed by atoms with van der Waals surface area (Å²) in [6.45, 7) is 1.19. The topological polar surface area (TPSA) is 98.8 Å². The van der Waals surface area contributed by atoms with Crippen LogP contribution in [0.1, 0.15) is 33.7 Å². The van der Waals surface area contributed by atoms with Crippen LogP contribution in [-0.2, 0) is 4.74 Å². The Balaban J connectivity index is 1.65. The van der Waals surface area contributed by atoms with Crippen molar-refractivity contribution in [2.45, 2.75) is 18.9 Å². The zero-order chi connectivity index (χ0) is 19.9. The number of rotatable bonds is 7. The number of amides is 2. The maximum Gasteiger partial charge on any atom is 0.274 e. The number of carbonyl (C=O) groups is 2. The second-order valence-electron chi connectivity index (χ2n) is 6.30. The largest absolute Gasteiger partial charge is 0.493 e. The highest BCUT2D eigenvalue weighted by molar-refractivity contribution is 6.04. The number of methoxy groups -OCH3 is 2. The van der Waals surface area contributed by atoms with Gasteiger partial charge in [-0.3, -0.25) is 14.6 Å². The fourth-order valence-electron chi connectivity index (χ4n) is 2.92. The molecule has 0 radical (unpaired) electrons. The fourth-order valence-corrected chi connectivity index (χ4v) is 2.92. The summed E-state index contributed by atoms with van der Waals surface area (Å²) in [5.41, 5.74) is 1.03. The summed E-state index contributed by atoms with van der Waals surface area (Å²) in [6, 6.07) is 8.06. The first-order valence-electron chi connectivity index (χ1n) is 9.00. The molecule has 1 unspecified atom stereocenters. The van der Waals surface area contributed by atoms with E-state index in [1.54, 1.807) is 24.3 Å². The number of nitrogens with one attached hydrogen (secondary N) is 2. The van der Waals surface area contributed by atoms with Crippen LogP contribution < -0.4 is 20.1 Å². The highest BCUT2D eigenvalue weighted by Crippen LogP contribution is 2.29. The lowest BCUT2D eigenvalue weighted by Crippen LogP contribution is -2.32. The van der Waals surface area contributed by atoms with Gasteiger partial charge in [-0.25, -0.2) is 0 Å². The highest BCUT2D eigenvalue weighted by atomic mass is 16.5. The number of anilines is 1. The number of benzene rings is 1. The quantitative estimate of drug-likeness (QED) is 0.759. The summed E-state index contributed by atoms with van der Waals surface area (Å²) < 4.78 is 15.9. The minimum atomic E-state index is -0.430. The number of carbonyl (C=O) groups excluding carboxylic acids is 2. The van der Waals surface area contributed by atoms with Crippen LogP contribution in [0.2, 0.25) is 0 Å². The molecule has 2 aromatic rings. The molecule has 1 aliphatic heterocycles. The summed E-state index contributed by atoms with van der Waals surface area (Å²) in [4.78, 5) is 28.9. The second kappa shape index (κ2) is 9.18. The van der Waals surface area contributed by atoms with Crippen molar-refractivity contribution < 1.29 is 23.8 Å². The van der Waals surface area contributed by atoms with Gasteiger partial charge in [0.05, 0.1) is 20.3 Å². The Bertz CT molecular complexity index is 849. The standard InChI is InChI=1S/C20H23N3O5/c1-26-17-6-5-14(11-18(17)27-2)23-20(25)16-10-13(7-8-21-16)19(24)22-12-15-4-3-9-28-15/h5-8,10-11,15H,3-4,9,12H2,1-2H3,(H,22,24)(H,23,25). The summed E-state index contributed by atoms with van der Waals surface area (Å²) in [6.07, 6.45) is 3.44. The van der Waals surface area contributed by atoms with Crippen LogP contribution >= 0.6 is 0 Å². The summed E-state index contributed by atoms with van der Waals surface area (Å²) in [5.74, 6) is 0.359. The first kappa shape index (κ1) is 19.6. The lowest BCUT2D eigenvalue weighted by Gasteiger charge is -2.12. The van der Waals surface area contributed by atoms with Gasteiger partial charge in [-0.1, -0.05) is 0 Å². The molecule has 1 saturated heterocycles. The van der Waals surface area contributed by atoms with Crippen molar-refractivity contribution in [1.29, 1.82) is 0 Å². The van der Waals surface area contributed by atoms with E-state index in [9.17, 15) is 9.59 Å². The average Bonchev–Trinajstić information content (AvgIpc) is 3.25. The zero-order valence-corrected chi connectivity index (χ0v) is 15.9. The highest BCUT2D eigenvalue weighted by Gasteiger charge is 2.18. The molecule has 28 heavy (non-hydrogen) atoms. The van der Waals surface area contributed by atoms with Crippen LogP contribution in [0.15, 0.2) is 36.5 Å². The molecule has 0 spiro atoms. The van der Waals surface area contributed by atoms with E-state index in [1.165, 1.54) is 26.5 Å². The van der Waals surface area contributed by atoms with Crippen LogP contribution in [0.3, 0.4) is 0 Å². The number of ether oxygens (including phenoxy) is 3. The van der Waals surface area contributed by atoms with Gasteiger partial charge in [0.15, 0.2) is 11.5 Å². The molecule has 1 aromatic heterocycles. The van der Waals surface area contributed by atoms with Crippen LogP contribution in [0, 0.1) is 0 Å². The third-order valence-corrected chi connectivity index (χ3v) is 4.41. The summed E-state index contributed by atoms with van der Waals surface area (Å²) >= 11 is 0. The summed E-state index contributed by atoms with van der Waals surface area (Å²) in [5, 5.41) is 5.57. The lowest BCUT2D eigenvalue weighted by atomic mass is 10.2. The van der Waals surface area contributed by atoms with Crippen molar-refractivity contribution in [2.75, 3.05) is 32.7 Å². The molecule has 8 heteroatoms. The van der Waals surface area contributed by atoms with Gasteiger partial charge in [0.1, 0.15) is 5.69 Å². The fraction of sp³-hybridized carbons (Fsp3) is 0.350. The molecule has 1 atom stereocenters. The molecule has 148 valence electrons. The summed E-state index contributed by atoms with van der Waals surface area (Å²) in [7, 11) is 3.05. The van der Waals surface area contributed by atoms with Crippen LogP contribution in [0.4, 0.5) is 5.69 Å². The van der Waals surface area contributed by atoms with Crippen molar-refractivity contribution in [3.63, 3.8) is 0 Å². The molecule has 1 aliphatic rings. The Morgan fingerprint density at radius 1 is 1.14 bits per heavy atom. The molecule has 0 saturated carbocycles. The average molecular weight is 385 g/mol. The predicted molar refractivity (Wildman–Crippen MR) is 103 cm³/mol. The number of hydrogen-bond acceptors (Lipinski definition) is 6. The van der Waals surface area contributed by atoms with Gasteiger partial charge < -0.3 is 24.8 Å². The van der Waals surface area contributed by atoms with E-state index in [0.29, 0.717) is 29.3 Å². The molecule has 0 aliphatic carbocycles. The van der Waals surface area contributed by atoms with Gasteiger partial charge in [0.25, 0.3) is 11.8 Å². The van der Waals surface area contributed by atoms with Crippen molar-refractivity contribution >= 4 is 17.5 Å². The first-order chi connectivity index (χ1) is 13.6. The molecular formula is C20H23N3O5. The molecule has 2 N–H and O–H groups in total. The van der Waals surface area contributed by atoms with Crippen molar-refractivity contribution in [3.05, 3.63) is 47.8 Å². The minimum absolute atomic E-state index is 0.0543. The van der Waals surface area contributed by atoms with Gasteiger partial charge >= 0.3 is 0 Å². The Hall–Kier alpha value is -3.13. The maximum absolute atomic E-state index is 12.5. The Morgan fingerprint density at radius 3 is 2.68 bits per heavy atom. The Morgan fingerprint density at radius 2 is 1.96 bits per heavy atom. The third-order valence-electron chi connectivity index (χ3n) is 4.41. The maximum atomic E-state index is 12.5. The van der Waals surface area contributed by atoms with Gasteiger partial charge in [0.2, 0.25) is 0 Å². The second-order valence-corrected chi connectivity index (χ2v) is 6.30. The van der Waals surface area contributed by atoms with Crippen molar-refractivity contribution in [2.24, 2.45) is 0 Å². The molecule has 1 fully saturated rings. The smallest absolute Gasteiger partial charge is 0.274 e. The Kier molecular flexibility index (Phi) is 6.44. The molecule has 3 rings (SSSR count). The van der Waals surface area contributed by atoms with Gasteiger partial charge in [-0.05, 0) is 37.1 Å². The van der Waals surface area contributed by atoms with Crippen LogP contribution in [0.25, 0.3) is 0 Å². The third kappa shape index (κ3) is 4.77.